The first kappa shape index (κ1) is 9.15. The molecule has 4 nitrogen and oxygen atoms in total. The zero-order valence-corrected chi connectivity index (χ0v) is 8.31. The van der Waals surface area contributed by atoms with Crippen molar-refractivity contribution >= 4 is 23.5 Å². The second kappa shape index (κ2) is 2.78. The van der Waals surface area contributed by atoms with Gasteiger partial charge in [0.15, 0.2) is 0 Å². The number of esters is 2. The van der Waals surface area contributed by atoms with Crippen LogP contribution in [-0.2, 0) is 4.74 Å². The van der Waals surface area contributed by atoms with Gasteiger partial charge in [-0.3, -0.25) is 0 Å². The Balaban J connectivity index is 2.86. The number of fused-ring (bicyclic) bond motifs is 1. The SMILES string of the molecule is Cc1nc(Cl)c2c(c1C)C(=O)OC2=O. The molecule has 0 unspecified atom stereocenters. The summed E-state index contributed by atoms with van der Waals surface area (Å²) >= 11 is 5.74. The van der Waals surface area contributed by atoms with Gasteiger partial charge >= 0.3 is 11.9 Å². The lowest BCUT2D eigenvalue weighted by Gasteiger charge is -2.03. The summed E-state index contributed by atoms with van der Waals surface area (Å²) < 4.78 is 4.45. The first-order valence-corrected chi connectivity index (χ1v) is 4.33. The highest BCUT2D eigenvalue weighted by Gasteiger charge is 2.35. The molecule has 72 valence electrons. The molecule has 1 aromatic heterocycles. The standard InChI is InChI=1S/C9H6ClNO3/c1-3-4(2)11-7(10)6-5(3)8(12)14-9(6)13/h1-2H3. The van der Waals surface area contributed by atoms with Crippen LogP contribution in [0.4, 0.5) is 0 Å². The summed E-state index contributed by atoms with van der Waals surface area (Å²) in [6.45, 7) is 3.43. The van der Waals surface area contributed by atoms with Crippen LogP contribution in [0, 0.1) is 13.8 Å². The minimum Gasteiger partial charge on any atom is -0.386 e. The highest BCUT2D eigenvalue weighted by atomic mass is 35.5. The summed E-state index contributed by atoms with van der Waals surface area (Å²) in [5.41, 5.74) is 1.59. The number of halogens is 1. The van der Waals surface area contributed by atoms with Gasteiger partial charge in [-0.2, -0.15) is 0 Å². The smallest absolute Gasteiger partial charge is 0.350 e. The molecule has 2 heterocycles. The Morgan fingerprint density at radius 1 is 1.14 bits per heavy atom. The number of hydrogen-bond donors (Lipinski definition) is 0. The molecule has 2 rings (SSSR count). The van der Waals surface area contributed by atoms with Gasteiger partial charge in [-0.05, 0) is 19.4 Å². The average Bonchev–Trinajstić information content (AvgIpc) is 2.38. The quantitative estimate of drug-likeness (QED) is 0.372. The van der Waals surface area contributed by atoms with Crippen LogP contribution in [0.5, 0.6) is 0 Å². The first-order valence-electron chi connectivity index (χ1n) is 3.95. The second-order valence-corrected chi connectivity index (χ2v) is 3.40. The van der Waals surface area contributed by atoms with Crippen LogP contribution in [0.1, 0.15) is 32.0 Å². The molecule has 0 amide bonds. The molecule has 0 atom stereocenters. The van der Waals surface area contributed by atoms with Gasteiger partial charge in [-0.25, -0.2) is 14.6 Å². The van der Waals surface area contributed by atoms with Gasteiger partial charge in [-0.1, -0.05) is 11.6 Å². The number of ether oxygens (including phenoxy) is 1. The van der Waals surface area contributed by atoms with Crippen molar-refractivity contribution in [1.82, 2.24) is 4.98 Å². The molecule has 0 radical (unpaired) electrons. The molecular weight excluding hydrogens is 206 g/mol. The molecule has 0 spiro atoms. The van der Waals surface area contributed by atoms with Crippen LogP contribution in [0.3, 0.4) is 0 Å². The number of hydrogen-bond acceptors (Lipinski definition) is 4. The third-order valence-corrected chi connectivity index (χ3v) is 2.51. The normalized spacial score (nSPS) is 14.2. The zero-order valence-electron chi connectivity index (χ0n) is 7.55. The number of nitrogens with zero attached hydrogens (tertiary/aromatic N) is 1. The Hall–Kier alpha value is -1.42. The Kier molecular flexibility index (Phi) is 1.82. The summed E-state index contributed by atoms with van der Waals surface area (Å²) in [5.74, 6) is -1.36. The average molecular weight is 212 g/mol. The predicted octanol–water partition coefficient (Wildman–Crippen LogP) is 1.66. The number of aryl methyl sites for hydroxylation is 1. The van der Waals surface area contributed by atoms with Crippen LogP contribution in [0.25, 0.3) is 0 Å². The van der Waals surface area contributed by atoms with Gasteiger partial charge in [0.1, 0.15) is 10.7 Å². The van der Waals surface area contributed by atoms with Crippen molar-refractivity contribution in [1.29, 1.82) is 0 Å². The van der Waals surface area contributed by atoms with E-state index in [1.165, 1.54) is 0 Å². The summed E-state index contributed by atoms with van der Waals surface area (Å²) in [7, 11) is 0. The largest absolute Gasteiger partial charge is 0.386 e. The van der Waals surface area contributed by atoms with Crippen LogP contribution in [-0.4, -0.2) is 16.9 Å². The van der Waals surface area contributed by atoms with Crippen LogP contribution >= 0.6 is 11.6 Å². The van der Waals surface area contributed by atoms with Crippen molar-refractivity contribution in [3.8, 4) is 0 Å². The zero-order chi connectivity index (χ0) is 10.5. The fourth-order valence-corrected chi connectivity index (χ4v) is 1.68. The van der Waals surface area contributed by atoms with Crippen LogP contribution < -0.4 is 0 Å². The molecular formula is C9H6ClNO3. The third kappa shape index (κ3) is 1.04. The molecule has 0 bridgehead atoms. The molecule has 0 saturated carbocycles. The number of carbonyl (C=O) groups is 2. The highest BCUT2D eigenvalue weighted by molar-refractivity contribution is 6.35. The predicted molar refractivity (Wildman–Crippen MR) is 48.5 cm³/mol. The van der Waals surface area contributed by atoms with E-state index in [9.17, 15) is 9.59 Å². The van der Waals surface area contributed by atoms with E-state index in [4.69, 9.17) is 11.6 Å². The topological polar surface area (TPSA) is 56.3 Å². The van der Waals surface area contributed by atoms with Gasteiger partial charge < -0.3 is 4.74 Å². The van der Waals surface area contributed by atoms with Crippen molar-refractivity contribution in [2.45, 2.75) is 13.8 Å². The minimum atomic E-state index is -0.717. The number of aromatic nitrogens is 1. The fourth-order valence-electron chi connectivity index (χ4n) is 1.39. The molecule has 0 N–H and O–H groups in total. The lowest BCUT2D eigenvalue weighted by atomic mass is 10.0. The maximum atomic E-state index is 11.3. The first-order chi connectivity index (χ1) is 6.52. The molecule has 5 heteroatoms. The van der Waals surface area contributed by atoms with Crippen LogP contribution in [0.2, 0.25) is 5.15 Å². The molecule has 1 aliphatic heterocycles. The third-order valence-electron chi connectivity index (χ3n) is 2.23. The molecule has 0 fully saturated rings. The molecule has 0 saturated heterocycles. The highest BCUT2D eigenvalue weighted by Crippen LogP contribution is 2.29. The van der Waals surface area contributed by atoms with Crippen molar-refractivity contribution in [3.05, 3.63) is 27.5 Å². The number of pyridine rings is 1. The van der Waals surface area contributed by atoms with E-state index < -0.39 is 11.9 Å². The van der Waals surface area contributed by atoms with E-state index in [1.54, 1.807) is 13.8 Å². The Morgan fingerprint density at radius 2 is 1.71 bits per heavy atom. The summed E-state index contributed by atoms with van der Waals surface area (Å²) in [4.78, 5) is 26.4. The van der Waals surface area contributed by atoms with E-state index >= 15 is 0 Å². The van der Waals surface area contributed by atoms with E-state index in [2.05, 4.69) is 9.72 Å². The van der Waals surface area contributed by atoms with Gasteiger partial charge in [0.05, 0.1) is 5.56 Å². The van der Waals surface area contributed by atoms with E-state index in [0.717, 1.165) is 0 Å². The molecule has 0 aliphatic carbocycles. The number of rotatable bonds is 0. The van der Waals surface area contributed by atoms with Crippen molar-refractivity contribution in [3.63, 3.8) is 0 Å². The van der Waals surface area contributed by atoms with Gasteiger partial charge in [0.25, 0.3) is 0 Å². The summed E-state index contributed by atoms with van der Waals surface area (Å²) in [6.07, 6.45) is 0. The maximum Gasteiger partial charge on any atom is 0.350 e. The lowest BCUT2D eigenvalue weighted by molar-refractivity contribution is 0.0443. The lowest BCUT2D eigenvalue weighted by Crippen LogP contribution is -2.01. The molecule has 14 heavy (non-hydrogen) atoms. The number of carbonyl (C=O) groups excluding carboxylic acids is 2. The van der Waals surface area contributed by atoms with E-state index in [0.29, 0.717) is 11.3 Å². The Bertz CT molecular complexity index is 468. The Morgan fingerprint density at radius 3 is 2.36 bits per heavy atom. The van der Waals surface area contributed by atoms with Gasteiger partial charge in [-0.15, -0.1) is 0 Å². The van der Waals surface area contributed by atoms with Crippen molar-refractivity contribution in [2.75, 3.05) is 0 Å². The van der Waals surface area contributed by atoms with E-state index in [-0.39, 0.29) is 16.3 Å². The monoisotopic (exact) mass is 211 g/mol. The van der Waals surface area contributed by atoms with Crippen molar-refractivity contribution < 1.29 is 14.3 Å². The van der Waals surface area contributed by atoms with Crippen molar-refractivity contribution in [2.24, 2.45) is 0 Å². The Labute approximate surface area is 84.8 Å². The van der Waals surface area contributed by atoms with E-state index in [1.807, 2.05) is 0 Å². The molecule has 1 aromatic rings. The van der Waals surface area contributed by atoms with Gasteiger partial charge in [0, 0.05) is 5.69 Å². The minimum absolute atomic E-state index is 0.0268. The maximum absolute atomic E-state index is 11.3. The second-order valence-electron chi connectivity index (χ2n) is 3.04. The summed E-state index contributed by atoms with van der Waals surface area (Å²) in [6, 6.07) is 0. The summed E-state index contributed by atoms with van der Waals surface area (Å²) in [5, 5.41) is 0.0268. The van der Waals surface area contributed by atoms with Crippen LogP contribution in [0.15, 0.2) is 0 Å². The number of cyclic esters (lactones) is 2. The fraction of sp³-hybridized carbons (Fsp3) is 0.222. The molecule has 1 aliphatic rings. The molecule has 0 aromatic carbocycles. The van der Waals surface area contributed by atoms with Gasteiger partial charge in [0.2, 0.25) is 0 Å².